The third-order valence-electron chi connectivity index (χ3n) is 2.76. The van der Waals surface area contributed by atoms with Crippen molar-refractivity contribution in [3.05, 3.63) is 46.4 Å². The van der Waals surface area contributed by atoms with Crippen LogP contribution in [0.15, 0.2) is 35.1 Å². The zero-order valence-corrected chi connectivity index (χ0v) is 11.3. The van der Waals surface area contributed by atoms with Crippen molar-refractivity contribution in [1.82, 2.24) is 9.97 Å². The largest absolute Gasteiger partial charge is 0.494 e. The van der Waals surface area contributed by atoms with E-state index >= 15 is 0 Å². The highest BCUT2D eigenvalue weighted by molar-refractivity contribution is 5.56. The standard InChI is InChI=1S/C15H18N2O2/c1-3-9-19-13-7-5-11(6-8-13)15-16-12(4-2)10-14(18)17-15/h5-8,10H,3-4,9H2,1-2H3,(H,16,17,18). The van der Waals surface area contributed by atoms with Crippen LogP contribution in [0.4, 0.5) is 0 Å². The van der Waals surface area contributed by atoms with Gasteiger partial charge in [-0.05, 0) is 37.1 Å². The van der Waals surface area contributed by atoms with Crippen LogP contribution in [0, 0.1) is 0 Å². The van der Waals surface area contributed by atoms with Crippen LogP contribution in [0.1, 0.15) is 26.0 Å². The van der Waals surface area contributed by atoms with E-state index < -0.39 is 0 Å². The Morgan fingerprint density at radius 1 is 1.21 bits per heavy atom. The summed E-state index contributed by atoms with van der Waals surface area (Å²) in [6.45, 7) is 4.76. The molecule has 19 heavy (non-hydrogen) atoms. The summed E-state index contributed by atoms with van der Waals surface area (Å²) < 4.78 is 5.52. The molecular formula is C15H18N2O2. The Bertz CT molecular complexity index is 588. The molecule has 0 aliphatic rings. The van der Waals surface area contributed by atoms with Crippen molar-refractivity contribution >= 4 is 0 Å². The van der Waals surface area contributed by atoms with Gasteiger partial charge in [-0.15, -0.1) is 0 Å². The number of aryl methyl sites for hydroxylation is 1. The number of nitrogens with one attached hydrogen (secondary N) is 1. The Labute approximate surface area is 112 Å². The Hall–Kier alpha value is -2.10. The third-order valence-corrected chi connectivity index (χ3v) is 2.76. The Morgan fingerprint density at radius 2 is 1.95 bits per heavy atom. The fourth-order valence-electron chi connectivity index (χ4n) is 1.75. The lowest BCUT2D eigenvalue weighted by Gasteiger charge is -2.06. The number of H-pyrrole nitrogens is 1. The number of nitrogens with zero attached hydrogens (tertiary/aromatic N) is 1. The molecule has 0 aliphatic heterocycles. The molecule has 1 aromatic heterocycles. The van der Waals surface area contributed by atoms with E-state index in [2.05, 4.69) is 16.9 Å². The maximum atomic E-state index is 11.5. The van der Waals surface area contributed by atoms with Crippen molar-refractivity contribution in [3.63, 3.8) is 0 Å². The summed E-state index contributed by atoms with van der Waals surface area (Å²) in [5.41, 5.74) is 1.56. The van der Waals surface area contributed by atoms with Crippen LogP contribution < -0.4 is 10.3 Å². The summed E-state index contributed by atoms with van der Waals surface area (Å²) in [7, 11) is 0. The smallest absolute Gasteiger partial charge is 0.251 e. The molecule has 0 spiro atoms. The van der Waals surface area contributed by atoms with E-state index in [1.165, 1.54) is 6.07 Å². The molecular weight excluding hydrogens is 240 g/mol. The second-order valence-corrected chi connectivity index (χ2v) is 4.31. The van der Waals surface area contributed by atoms with E-state index in [1.54, 1.807) is 0 Å². The molecule has 0 saturated carbocycles. The summed E-state index contributed by atoms with van der Waals surface area (Å²) in [5, 5.41) is 0. The van der Waals surface area contributed by atoms with Crippen molar-refractivity contribution in [2.24, 2.45) is 0 Å². The number of aromatic nitrogens is 2. The topological polar surface area (TPSA) is 55.0 Å². The second kappa shape index (κ2) is 6.18. The van der Waals surface area contributed by atoms with Crippen molar-refractivity contribution in [2.45, 2.75) is 26.7 Å². The van der Waals surface area contributed by atoms with Gasteiger partial charge in [0.2, 0.25) is 0 Å². The van der Waals surface area contributed by atoms with Gasteiger partial charge in [-0.1, -0.05) is 13.8 Å². The average molecular weight is 258 g/mol. The van der Waals surface area contributed by atoms with E-state index in [4.69, 9.17) is 4.74 Å². The monoisotopic (exact) mass is 258 g/mol. The Balaban J connectivity index is 2.26. The van der Waals surface area contributed by atoms with Crippen molar-refractivity contribution in [2.75, 3.05) is 6.61 Å². The zero-order chi connectivity index (χ0) is 13.7. The molecule has 0 fully saturated rings. The van der Waals surface area contributed by atoms with Gasteiger partial charge in [-0.3, -0.25) is 4.79 Å². The summed E-state index contributed by atoms with van der Waals surface area (Å²) in [4.78, 5) is 18.7. The van der Waals surface area contributed by atoms with Gasteiger partial charge in [0.1, 0.15) is 11.6 Å². The average Bonchev–Trinajstić information content (AvgIpc) is 2.45. The Kier molecular flexibility index (Phi) is 4.34. The van der Waals surface area contributed by atoms with Gasteiger partial charge in [-0.2, -0.15) is 0 Å². The minimum absolute atomic E-state index is 0.117. The van der Waals surface area contributed by atoms with Crippen LogP contribution in [0.5, 0.6) is 5.75 Å². The number of ether oxygens (including phenoxy) is 1. The molecule has 0 saturated heterocycles. The van der Waals surface area contributed by atoms with Gasteiger partial charge >= 0.3 is 0 Å². The van der Waals surface area contributed by atoms with E-state index in [1.807, 2.05) is 31.2 Å². The fourth-order valence-corrected chi connectivity index (χ4v) is 1.75. The maximum Gasteiger partial charge on any atom is 0.251 e. The molecule has 1 N–H and O–H groups in total. The first-order valence-electron chi connectivity index (χ1n) is 6.56. The molecule has 0 aliphatic carbocycles. The first-order valence-corrected chi connectivity index (χ1v) is 6.56. The molecule has 1 aromatic carbocycles. The number of aromatic amines is 1. The van der Waals surface area contributed by atoms with Crippen LogP contribution in [0.25, 0.3) is 11.4 Å². The predicted octanol–water partition coefficient (Wildman–Crippen LogP) is 2.79. The van der Waals surface area contributed by atoms with Crippen LogP contribution in [0.2, 0.25) is 0 Å². The van der Waals surface area contributed by atoms with Crippen molar-refractivity contribution < 1.29 is 4.74 Å². The third kappa shape index (κ3) is 3.44. The summed E-state index contributed by atoms with van der Waals surface area (Å²) in [6, 6.07) is 9.13. The van der Waals surface area contributed by atoms with E-state index in [0.29, 0.717) is 12.4 Å². The van der Waals surface area contributed by atoms with Gasteiger partial charge in [0.05, 0.1) is 6.61 Å². The van der Waals surface area contributed by atoms with Gasteiger partial charge in [-0.25, -0.2) is 4.98 Å². The van der Waals surface area contributed by atoms with Crippen LogP contribution in [-0.4, -0.2) is 16.6 Å². The summed E-state index contributed by atoms with van der Waals surface area (Å²) >= 11 is 0. The molecule has 1 heterocycles. The lowest BCUT2D eigenvalue weighted by atomic mass is 10.2. The number of hydrogen-bond donors (Lipinski definition) is 1. The molecule has 0 amide bonds. The molecule has 2 rings (SSSR count). The van der Waals surface area contributed by atoms with E-state index in [9.17, 15) is 4.79 Å². The molecule has 0 bridgehead atoms. The van der Waals surface area contributed by atoms with Crippen molar-refractivity contribution in [1.29, 1.82) is 0 Å². The van der Waals surface area contributed by atoms with E-state index in [-0.39, 0.29) is 5.56 Å². The van der Waals surface area contributed by atoms with Crippen molar-refractivity contribution in [3.8, 4) is 17.1 Å². The van der Waals surface area contributed by atoms with Crippen LogP contribution >= 0.6 is 0 Å². The molecule has 4 heteroatoms. The van der Waals surface area contributed by atoms with Gasteiger partial charge in [0.25, 0.3) is 5.56 Å². The lowest BCUT2D eigenvalue weighted by molar-refractivity contribution is 0.317. The first-order chi connectivity index (χ1) is 9.22. The number of hydrogen-bond acceptors (Lipinski definition) is 3. The van der Waals surface area contributed by atoms with Crippen LogP contribution in [-0.2, 0) is 6.42 Å². The molecule has 100 valence electrons. The molecule has 0 atom stereocenters. The highest BCUT2D eigenvalue weighted by Crippen LogP contribution is 2.19. The first kappa shape index (κ1) is 13.3. The quantitative estimate of drug-likeness (QED) is 0.897. The summed E-state index contributed by atoms with van der Waals surface area (Å²) in [5.74, 6) is 1.44. The maximum absolute atomic E-state index is 11.5. The molecule has 0 unspecified atom stereocenters. The van der Waals surface area contributed by atoms with E-state index in [0.717, 1.165) is 29.8 Å². The van der Waals surface area contributed by atoms with Crippen LogP contribution in [0.3, 0.4) is 0 Å². The van der Waals surface area contributed by atoms with Gasteiger partial charge < -0.3 is 9.72 Å². The molecule has 2 aromatic rings. The predicted molar refractivity (Wildman–Crippen MR) is 75.5 cm³/mol. The van der Waals surface area contributed by atoms with Gasteiger partial charge in [0.15, 0.2) is 0 Å². The number of benzene rings is 1. The number of rotatable bonds is 5. The molecule has 4 nitrogen and oxygen atoms in total. The SMILES string of the molecule is CCCOc1ccc(-c2nc(CC)cc(=O)[nH]2)cc1. The fraction of sp³-hybridized carbons (Fsp3) is 0.333. The zero-order valence-electron chi connectivity index (χ0n) is 11.3. The highest BCUT2D eigenvalue weighted by atomic mass is 16.5. The lowest BCUT2D eigenvalue weighted by Crippen LogP contribution is -2.09. The normalized spacial score (nSPS) is 10.4. The van der Waals surface area contributed by atoms with Gasteiger partial charge in [0, 0.05) is 17.3 Å². The Morgan fingerprint density at radius 3 is 2.58 bits per heavy atom. The highest BCUT2D eigenvalue weighted by Gasteiger charge is 2.03. The minimum atomic E-state index is -0.117. The summed E-state index contributed by atoms with van der Waals surface area (Å²) in [6.07, 6.45) is 1.73. The second-order valence-electron chi connectivity index (χ2n) is 4.31. The molecule has 0 radical (unpaired) electrons. The minimum Gasteiger partial charge on any atom is -0.494 e.